The minimum atomic E-state index is -0.462. The highest BCUT2D eigenvalue weighted by molar-refractivity contribution is 6.05. The number of hydrogen-bond acceptors (Lipinski definition) is 3. The minimum absolute atomic E-state index is 0.123. The maximum absolute atomic E-state index is 12.9. The number of carbonyl (C=O) groups excluding carboxylic acids is 1. The summed E-state index contributed by atoms with van der Waals surface area (Å²) in [5.41, 5.74) is 7.09. The number of anilines is 2. The van der Waals surface area contributed by atoms with Crippen LogP contribution < -0.4 is 11.1 Å². The van der Waals surface area contributed by atoms with Gasteiger partial charge in [-0.05, 0) is 48.9 Å². The quantitative estimate of drug-likeness (QED) is 0.727. The monoisotopic (exact) mass is 260 g/mol. The number of nitrogens with two attached hydrogens (primary N) is 1. The lowest BCUT2D eigenvalue weighted by molar-refractivity contribution is 0.102. The second kappa shape index (κ2) is 4.97. The van der Waals surface area contributed by atoms with E-state index < -0.39 is 5.82 Å². The average Bonchev–Trinajstić information content (AvgIpc) is 2.36. The molecule has 19 heavy (non-hydrogen) atoms. The fraction of sp³-hybridized carbons (Fsp3) is 0.0714. The Labute approximate surface area is 109 Å². The fourth-order valence-corrected chi connectivity index (χ4v) is 1.64. The summed E-state index contributed by atoms with van der Waals surface area (Å²) < 4.78 is 12.9. The Kier molecular flexibility index (Phi) is 3.37. The van der Waals surface area contributed by atoms with Gasteiger partial charge in [-0.1, -0.05) is 0 Å². The summed E-state index contributed by atoms with van der Waals surface area (Å²) in [5, 5.41) is 12.0. The lowest BCUT2D eigenvalue weighted by atomic mass is 10.1. The molecule has 0 aliphatic carbocycles. The highest BCUT2D eigenvalue weighted by Gasteiger charge is 2.10. The van der Waals surface area contributed by atoms with Gasteiger partial charge in [-0.3, -0.25) is 4.79 Å². The predicted molar refractivity (Wildman–Crippen MR) is 71.6 cm³/mol. The number of phenols is 1. The van der Waals surface area contributed by atoms with Crippen molar-refractivity contribution in [1.29, 1.82) is 0 Å². The Morgan fingerprint density at radius 3 is 2.63 bits per heavy atom. The summed E-state index contributed by atoms with van der Waals surface area (Å²) in [4.78, 5) is 12.0. The van der Waals surface area contributed by atoms with E-state index in [1.165, 1.54) is 24.3 Å². The van der Waals surface area contributed by atoms with Crippen LogP contribution in [0, 0.1) is 12.7 Å². The largest absolute Gasteiger partial charge is 0.508 e. The number of benzene rings is 2. The number of nitrogens with one attached hydrogen (secondary N) is 1. The number of carbonyl (C=O) groups is 1. The van der Waals surface area contributed by atoms with Gasteiger partial charge in [0.15, 0.2) is 0 Å². The first-order valence-electron chi connectivity index (χ1n) is 5.63. The van der Waals surface area contributed by atoms with Crippen molar-refractivity contribution in [1.82, 2.24) is 0 Å². The van der Waals surface area contributed by atoms with Gasteiger partial charge < -0.3 is 16.2 Å². The van der Waals surface area contributed by atoms with Crippen LogP contribution in [-0.4, -0.2) is 11.0 Å². The molecule has 2 aromatic rings. The molecule has 0 spiro atoms. The normalized spacial score (nSPS) is 10.2. The van der Waals surface area contributed by atoms with E-state index in [1.54, 1.807) is 13.0 Å². The van der Waals surface area contributed by atoms with Crippen molar-refractivity contribution in [3.05, 3.63) is 53.3 Å². The molecule has 0 saturated carbocycles. The predicted octanol–water partition coefficient (Wildman–Crippen LogP) is 2.67. The molecular weight excluding hydrogens is 247 g/mol. The van der Waals surface area contributed by atoms with Crippen LogP contribution in [0.1, 0.15) is 15.9 Å². The highest BCUT2D eigenvalue weighted by atomic mass is 19.1. The summed E-state index contributed by atoms with van der Waals surface area (Å²) in [6, 6.07) is 8.25. The summed E-state index contributed by atoms with van der Waals surface area (Å²) in [6.07, 6.45) is 0. The SMILES string of the molecule is Cc1cc(C(=O)Nc2ccc(F)cc2N)ccc1O. The molecule has 0 atom stereocenters. The molecule has 4 nitrogen and oxygen atoms in total. The van der Waals surface area contributed by atoms with Crippen LogP contribution in [0.3, 0.4) is 0 Å². The van der Waals surface area contributed by atoms with Crippen LogP contribution in [0.4, 0.5) is 15.8 Å². The third-order valence-corrected chi connectivity index (χ3v) is 2.72. The third kappa shape index (κ3) is 2.82. The van der Waals surface area contributed by atoms with Crippen LogP contribution in [0.2, 0.25) is 0 Å². The van der Waals surface area contributed by atoms with E-state index in [2.05, 4.69) is 5.32 Å². The van der Waals surface area contributed by atoms with Gasteiger partial charge in [0.25, 0.3) is 5.91 Å². The molecule has 0 saturated heterocycles. The Morgan fingerprint density at radius 1 is 1.26 bits per heavy atom. The molecule has 1 amide bonds. The van der Waals surface area contributed by atoms with E-state index in [0.29, 0.717) is 16.8 Å². The second-order valence-electron chi connectivity index (χ2n) is 4.19. The molecule has 0 radical (unpaired) electrons. The van der Waals surface area contributed by atoms with E-state index in [9.17, 15) is 14.3 Å². The lowest BCUT2D eigenvalue weighted by Gasteiger charge is -2.09. The van der Waals surface area contributed by atoms with Crippen LogP contribution in [0.25, 0.3) is 0 Å². The van der Waals surface area contributed by atoms with E-state index in [0.717, 1.165) is 6.07 Å². The standard InChI is InChI=1S/C14H13FN2O2/c1-8-6-9(2-5-13(8)18)14(19)17-12-4-3-10(15)7-11(12)16/h2-7,18H,16H2,1H3,(H,17,19). The van der Waals surface area contributed by atoms with E-state index in [-0.39, 0.29) is 17.3 Å². The Hall–Kier alpha value is -2.56. The van der Waals surface area contributed by atoms with Crippen LogP contribution in [0.15, 0.2) is 36.4 Å². The third-order valence-electron chi connectivity index (χ3n) is 2.72. The second-order valence-corrected chi connectivity index (χ2v) is 4.19. The minimum Gasteiger partial charge on any atom is -0.508 e. The molecule has 2 rings (SSSR count). The summed E-state index contributed by atoms with van der Waals surface area (Å²) in [5.74, 6) is -0.713. The van der Waals surface area contributed by atoms with Crippen LogP contribution >= 0.6 is 0 Å². The maximum Gasteiger partial charge on any atom is 0.255 e. The molecule has 5 heteroatoms. The Morgan fingerprint density at radius 2 is 2.00 bits per heavy atom. The molecule has 0 aliphatic heterocycles. The van der Waals surface area contributed by atoms with Gasteiger partial charge in [-0.25, -0.2) is 4.39 Å². The van der Waals surface area contributed by atoms with Gasteiger partial charge in [0.1, 0.15) is 11.6 Å². The van der Waals surface area contributed by atoms with Crippen molar-refractivity contribution >= 4 is 17.3 Å². The molecule has 0 aromatic heterocycles. The number of aryl methyl sites for hydroxylation is 1. The van der Waals surface area contributed by atoms with Gasteiger partial charge in [0.05, 0.1) is 11.4 Å². The van der Waals surface area contributed by atoms with Crippen molar-refractivity contribution in [2.45, 2.75) is 6.92 Å². The number of aromatic hydroxyl groups is 1. The van der Waals surface area contributed by atoms with Gasteiger partial charge in [0, 0.05) is 5.56 Å². The topological polar surface area (TPSA) is 75.4 Å². The molecule has 98 valence electrons. The van der Waals surface area contributed by atoms with E-state index in [4.69, 9.17) is 5.73 Å². The van der Waals surface area contributed by atoms with Crippen molar-refractivity contribution in [2.24, 2.45) is 0 Å². The molecule has 0 unspecified atom stereocenters. The molecule has 0 aliphatic rings. The van der Waals surface area contributed by atoms with Gasteiger partial charge in [-0.2, -0.15) is 0 Å². The molecule has 4 N–H and O–H groups in total. The molecule has 2 aromatic carbocycles. The van der Waals surface area contributed by atoms with Crippen molar-refractivity contribution < 1.29 is 14.3 Å². The van der Waals surface area contributed by atoms with Crippen LogP contribution in [-0.2, 0) is 0 Å². The molecule has 0 fully saturated rings. The Balaban J connectivity index is 2.23. The smallest absolute Gasteiger partial charge is 0.255 e. The number of rotatable bonds is 2. The van der Waals surface area contributed by atoms with Gasteiger partial charge in [-0.15, -0.1) is 0 Å². The number of amides is 1. The lowest BCUT2D eigenvalue weighted by Crippen LogP contribution is -2.13. The molecule has 0 heterocycles. The Bertz CT molecular complexity index is 641. The van der Waals surface area contributed by atoms with E-state index in [1.807, 2.05) is 0 Å². The zero-order valence-electron chi connectivity index (χ0n) is 10.3. The first kappa shape index (κ1) is 12.9. The number of halogens is 1. The molecular formula is C14H13FN2O2. The number of hydrogen-bond donors (Lipinski definition) is 3. The first-order chi connectivity index (χ1) is 8.97. The van der Waals surface area contributed by atoms with E-state index >= 15 is 0 Å². The zero-order valence-corrected chi connectivity index (χ0v) is 10.3. The number of nitrogen functional groups attached to an aromatic ring is 1. The van der Waals surface area contributed by atoms with Crippen molar-refractivity contribution in [2.75, 3.05) is 11.1 Å². The van der Waals surface area contributed by atoms with Gasteiger partial charge in [0.2, 0.25) is 0 Å². The number of phenolic OH excluding ortho intramolecular Hbond substituents is 1. The van der Waals surface area contributed by atoms with Gasteiger partial charge >= 0.3 is 0 Å². The van der Waals surface area contributed by atoms with Crippen molar-refractivity contribution in [3.8, 4) is 5.75 Å². The first-order valence-corrected chi connectivity index (χ1v) is 5.63. The summed E-state index contributed by atoms with van der Waals surface area (Å²) >= 11 is 0. The summed E-state index contributed by atoms with van der Waals surface area (Å²) in [6.45, 7) is 1.69. The maximum atomic E-state index is 12.9. The van der Waals surface area contributed by atoms with Crippen LogP contribution in [0.5, 0.6) is 5.75 Å². The highest BCUT2D eigenvalue weighted by Crippen LogP contribution is 2.21. The summed E-state index contributed by atoms with van der Waals surface area (Å²) in [7, 11) is 0. The fourth-order valence-electron chi connectivity index (χ4n) is 1.64. The molecule has 0 bridgehead atoms. The average molecular weight is 260 g/mol. The van der Waals surface area contributed by atoms with Crippen molar-refractivity contribution in [3.63, 3.8) is 0 Å². The zero-order chi connectivity index (χ0) is 14.0.